The Morgan fingerprint density at radius 2 is 1.88 bits per heavy atom. The van der Waals surface area contributed by atoms with Crippen molar-refractivity contribution in [2.24, 2.45) is 0 Å². The zero-order chi connectivity index (χ0) is 17.4. The molecule has 0 aliphatic carbocycles. The van der Waals surface area contributed by atoms with Crippen LogP contribution in [-0.2, 0) is 9.53 Å². The van der Waals surface area contributed by atoms with Gasteiger partial charge in [-0.15, -0.1) is 0 Å². The maximum atomic E-state index is 12.7. The molecule has 2 aromatic rings. The Balaban J connectivity index is 1.41. The summed E-state index contributed by atoms with van der Waals surface area (Å²) in [7, 11) is 0. The topological polar surface area (TPSA) is 95.9 Å². The van der Waals surface area contributed by atoms with Crippen LogP contribution in [0.15, 0.2) is 27.4 Å². The first-order valence-electron chi connectivity index (χ1n) is 8.44. The molecule has 0 saturated carbocycles. The van der Waals surface area contributed by atoms with E-state index in [4.69, 9.17) is 9.15 Å². The number of rotatable bonds is 2. The molecule has 8 heteroatoms. The van der Waals surface area contributed by atoms with Crippen LogP contribution in [-0.4, -0.2) is 65.5 Å². The number of piperazine rings is 1. The number of ether oxygens (including phenoxy) is 1. The van der Waals surface area contributed by atoms with Gasteiger partial charge in [0, 0.05) is 38.3 Å². The molecular weight excluding hydrogens is 326 g/mol. The molecule has 8 nitrogen and oxygen atoms in total. The summed E-state index contributed by atoms with van der Waals surface area (Å²) in [4.78, 5) is 42.3. The van der Waals surface area contributed by atoms with Crippen molar-refractivity contribution in [3.8, 4) is 0 Å². The van der Waals surface area contributed by atoms with Crippen LogP contribution in [0.3, 0.4) is 0 Å². The van der Waals surface area contributed by atoms with E-state index in [2.05, 4.69) is 4.98 Å². The highest BCUT2D eigenvalue weighted by Crippen LogP contribution is 2.18. The molecule has 0 spiro atoms. The molecular formula is C17H19N3O5. The molecule has 1 unspecified atom stereocenters. The number of nitrogens with one attached hydrogen (secondary N) is 1. The molecule has 25 heavy (non-hydrogen) atoms. The zero-order valence-electron chi connectivity index (χ0n) is 13.7. The lowest BCUT2D eigenvalue weighted by Crippen LogP contribution is -2.52. The third-order valence-corrected chi connectivity index (χ3v) is 4.75. The number of carbonyl (C=O) groups is 2. The number of aromatic nitrogens is 1. The molecule has 2 aliphatic rings. The first-order valence-corrected chi connectivity index (χ1v) is 8.44. The Hall–Kier alpha value is -2.61. The van der Waals surface area contributed by atoms with Crippen LogP contribution in [0.1, 0.15) is 23.2 Å². The quantitative estimate of drug-likeness (QED) is 0.859. The summed E-state index contributed by atoms with van der Waals surface area (Å²) < 4.78 is 10.4. The van der Waals surface area contributed by atoms with E-state index in [1.54, 1.807) is 28.0 Å². The number of H-pyrrole nitrogens is 1. The van der Waals surface area contributed by atoms with Crippen molar-refractivity contribution in [3.63, 3.8) is 0 Å². The molecule has 4 rings (SSSR count). The smallest absolute Gasteiger partial charge is 0.408 e. The third-order valence-electron chi connectivity index (χ3n) is 4.75. The van der Waals surface area contributed by atoms with Gasteiger partial charge in [-0.1, -0.05) is 0 Å². The predicted molar refractivity (Wildman–Crippen MR) is 88.3 cm³/mol. The maximum Gasteiger partial charge on any atom is 0.417 e. The fourth-order valence-electron chi connectivity index (χ4n) is 3.37. The number of amides is 2. The van der Waals surface area contributed by atoms with Crippen LogP contribution in [0.2, 0.25) is 0 Å². The van der Waals surface area contributed by atoms with Gasteiger partial charge in [-0.2, -0.15) is 0 Å². The van der Waals surface area contributed by atoms with Gasteiger partial charge in [0.2, 0.25) is 0 Å². The summed E-state index contributed by atoms with van der Waals surface area (Å²) >= 11 is 0. The summed E-state index contributed by atoms with van der Waals surface area (Å²) in [5, 5.41) is 0. The van der Waals surface area contributed by atoms with Crippen LogP contribution in [0, 0.1) is 0 Å². The van der Waals surface area contributed by atoms with E-state index in [0.29, 0.717) is 49.4 Å². The standard InChI is InChI=1S/C17H19N3O5/c21-15(11-3-4-13-12(10-11)18-17(23)25-13)19-5-7-20(8-6-19)16(22)14-2-1-9-24-14/h3-4,10,14H,1-2,5-9H2,(H,18,23). The van der Waals surface area contributed by atoms with E-state index < -0.39 is 5.76 Å². The van der Waals surface area contributed by atoms with Gasteiger partial charge in [0.15, 0.2) is 5.58 Å². The summed E-state index contributed by atoms with van der Waals surface area (Å²) in [6, 6.07) is 4.87. The van der Waals surface area contributed by atoms with Gasteiger partial charge in [0.05, 0.1) is 5.52 Å². The molecule has 1 atom stereocenters. The zero-order valence-corrected chi connectivity index (χ0v) is 13.7. The van der Waals surface area contributed by atoms with E-state index in [1.807, 2.05) is 0 Å². The molecule has 1 N–H and O–H groups in total. The molecule has 132 valence electrons. The lowest BCUT2D eigenvalue weighted by Gasteiger charge is -2.35. The van der Waals surface area contributed by atoms with Gasteiger partial charge in [0.25, 0.3) is 11.8 Å². The lowest BCUT2D eigenvalue weighted by molar-refractivity contribution is -0.142. The minimum Gasteiger partial charge on any atom is -0.408 e. The van der Waals surface area contributed by atoms with Gasteiger partial charge in [-0.05, 0) is 31.0 Å². The van der Waals surface area contributed by atoms with E-state index in [9.17, 15) is 14.4 Å². The Bertz CT molecular complexity index is 857. The van der Waals surface area contributed by atoms with E-state index >= 15 is 0 Å². The van der Waals surface area contributed by atoms with Gasteiger partial charge in [-0.25, -0.2) is 4.79 Å². The Labute approximate surface area is 143 Å². The molecule has 0 radical (unpaired) electrons. The molecule has 2 saturated heterocycles. The second kappa shape index (κ2) is 6.36. The van der Waals surface area contributed by atoms with Crippen molar-refractivity contribution >= 4 is 22.9 Å². The molecule has 3 heterocycles. The number of oxazole rings is 1. The largest absolute Gasteiger partial charge is 0.417 e. The van der Waals surface area contributed by atoms with Crippen molar-refractivity contribution in [2.75, 3.05) is 32.8 Å². The molecule has 1 aromatic heterocycles. The number of carbonyl (C=O) groups excluding carboxylic acids is 2. The number of hydrogen-bond donors (Lipinski definition) is 1. The van der Waals surface area contributed by atoms with Crippen LogP contribution in [0.5, 0.6) is 0 Å². The molecule has 1 aromatic carbocycles. The lowest BCUT2D eigenvalue weighted by atomic mass is 10.1. The third kappa shape index (κ3) is 3.05. The minimum absolute atomic E-state index is 0.0296. The van der Waals surface area contributed by atoms with Crippen molar-refractivity contribution < 1.29 is 18.7 Å². The SMILES string of the molecule is O=C(c1ccc2oc(=O)[nH]c2c1)N1CCN(C(=O)C2CCCO2)CC1. The normalized spacial score (nSPS) is 21.0. The van der Waals surface area contributed by atoms with E-state index in [0.717, 1.165) is 12.8 Å². The highest BCUT2D eigenvalue weighted by Gasteiger charge is 2.31. The molecule has 2 amide bonds. The fraction of sp³-hybridized carbons (Fsp3) is 0.471. The van der Waals surface area contributed by atoms with Gasteiger partial charge < -0.3 is 19.0 Å². The van der Waals surface area contributed by atoms with Crippen LogP contribution >= 0.6 is 0 Å². The highest BCUT2D eigenvalue weighted by molar-refractivity contribution is 5.97. The fourth-order valence-corrected chi connectivity index (χ4v) is 3.37. The van der Waals surface area contributed by atoms with Crippen molar-refractivity contribution in [1.29, 1.82) is 0 Å². The number of benzene rings is 1. The van der Waals surface area contributed by atoms with Gasteiger partial charge in [-0.3, -0.25) is 14.6 Å². The highest BCUT2D eigenvalue weighted by atomic mass is 16.5. The molecule has 2 aliphatic heterocycles. The number of aromatic amines is 1. The first-order chi connectivity index (χ1) is 12.1. The number of hydrogen-bond acceptors (Lipinski definition) is 5. The summed E-state index contributed by atoms with van der Waals surface area (Å²) in [5.74, 6) is -0.629. The number of fused-ring (bicyclic) bond motifs is 1. The summed E-state index contributed by atoms with van der Waals surface area (Å²) in [6.07, 6.45) is 1.39. The van der Waals surface area contributed by atoms with Crippen molar-refractivity contribution in [1.82, 2.24) is 14.8 Å². The maximum absolute atomic E-state index is 12.7. The van der Waals surface area contributed by atoms with E-state index in [-0.39, 0.29) is 17.9 Å². The Morgan fingerprint density at radius 3 is 2.60 bits per heavy atom. The summed E-state index contributed by atoms with van der Waals surface area (Å²) in [5.41, 5.74) is 1.42. The van der Waals surface area contributed by atoms with Crippen LogP contribution < -0.4 is 5.76 Å². The minimum atomic E-state index is -0.541. The van der Waals surface area contributed by atoms with Crippen LogP contribution in [0.25, 0.3) is 11.1 Å². The average molecular weight is 345 g/mol. The summed E-state index contributed by atoms with van der Waals surface area (Å²) in [6.45, 7) is 2.63. The Morgan fingerprint density at radius 1 is 1.12 bits per heavy atom. The van der Waals surface area contributed by atoms with E-state index in [1.165, 1.54) is 0 Å². The first kappa shape index (κ1) is 15.9. The predicted octanol–water partition coefficient (Wildman–Crippen LogP) is 0.584. The van der Waals surface area contributed by atoms with Gasteiger partial charge >= 0.3 is 5.76 Å². The average Bonchev–Trinajstić information content (AvgIpc) is 3.28. The van der Waals surface area contributed by atoms with Crippen molar-refractivity contribution in [3.05, 3.63) is 34.3 Å². The van der Waals surface area contributed by atoms with Gasteiger partial charge in [0.1, 0.15) is 6.10 Å². The van der Waals surface area contributed by atoms with Crippen LogP contribution in [0.4, 0.5) is 0 Å². The second-order valence-electron chi connectivity index (χ2n) is 6.34. The number of nitrogens with zero attached hydrogens (tertiary/aromatic N) is 2. The molecule has 2 fully saturated rings. The van der Waals surface area contributed by atoms with Crippen molar-refractivity contribution in [2.45, 2.75) is 18.9 Å². The second-order valence-corrected chi connectivity index (χ2v) is 6.34. The monoisotopic (exact) mass is 345 g/mol. The molecule has 0 bridgehead atoms. The Kier molecular flexibility index (Phi) is 4.04.